The lowest BCUT2D eigenvalue weighted by Crippen LogP contribution is -2.52. The predicted octanol–water partition coefficient (Wildman–Crippen LogP) is 1.93. The smallest absolute Gasteiger partial charge is 0.327 e. The van der Waals surface area contributed by atoms with Gasteiger partial charge >= 0.3 is 12.0 Å². The third-order valence-electron chi connectivity index (χ3n) is 3.55. The lowest BCUT2D eigenvalue weighted by molar-refractivity contribution is -0.141. The molecule has 6 heteroatoms. The van der Waals surface area contributed by atoms with Gasteiger partial charge in [0.05, 0.1) is 5.88 Å². The van der Waals surface area contributed by atoms with E-state index in [-0.39, 0.29) is 17.5 Å². The Bertz CT molecular complexity index is 341. The number of hydrogen-bond acceptors (Lipinski definition) is 3. The fraction of sp³-hybridized carbons (Fsp3) is 0.833. The van der Waals surface area contributed by atoms with Crippen LogP contribution in [0, 0.1) is 5.41 Å². The Morgan fingerprint density at radius 3 is 2.44 bits per heavy atom. The zero-order valence-corrected chi connectivity index (χ0v) is 12.5. The van der Waals surface area contributed by atoms with Crippen molar-refractivity contribution in [3.8, 4) is 0 Å². The topological polar surface area (TPSA) is 60.9 Å². The Balaban J connectivity index is 2.78. The molecular formula is C12H22N2O3S. The quantitative estimate of drug-likeness (QED) is 0.836. The van der Waals surface area contributed by atoms with Crippen LogP contribution in [0.1, 0.15) is 27.7 Å². The first-order valence-corrected chi connectivity index (χ1v) is 7.15. The minimum atomic E-state index is -0.926. The Labute approximate surface area is 113 Å². The van der Waals surface area contributed by atoms with Gasteiger partial charge < -0.3 is 14.9 Å². The van der Waals surface area contributed by atoms with Crippen LogP contribution in [0.3, 0.4) is 0 Å². The summed E-state index contributed by atoms with van der Waals surface area (Å²) in [5.41, 5.74) is -0.0317. The van der Waals surface area contributed by atoms with Crippen molar-refractivity contribution >= 4 is 23.8 Å². The Morgan fingerprint density at radius 2 is 2.00 bits per heavy atom. The van der Waals surface area contributed by atoms with Gasteiger partial charge in [-0.1, -0.05) is 20.8 Å². The van der Waals surface area contributed by atoms with Crippen molar-refractivity contribution in [2.24, 2.45) is 5.41 Å². The molecule has 0 aromatic rings. The highest BCUT2D eigenvalue weighted by molar-refractivity contribution is 7.99. The van der Waals surface area contributed by atoms with Gasteiger partial charge in [0.2, 0.25) is 0 Å². The van der Waals surface area contributed by atoms with E-state index in [1.807, 2.05) is 6.92 Å². The number of aliphatic carboxylic acids is 1. The standard InChI is InChI=1S/C12H22N2O3S/c1-8(12(2,3)4)13(5)11(17)14-7-18-6-9(14)10(15)16/h8-9H,6-7H2,1-5H3,(H,15,16)/t8?,9-/m0/s1. The molecule has 2 atom stereocenters. The fourth-order valence-electron chi connectivity index (χ4n) is 1.78. The summed E-state index contributed by atoms with van der Waals surface area (Å²) in [4.78, 5) is 26.5. The molecule has 0 bridgehead atoms. The molecule has 1 aliphatic rings. The molecule has 1 saturated heterocycles. The second kappa shape index (κ2) is 5.38. The Hall–Kier alpha value is -0.910. The SMILES string of the molecule is CC(N(C)C(=O)N1CSC[C@H]1C(=O)O)C(C)(C)C. The molecule has 0 aromatic carbocycles. The summed E-state index contributed by atoms with van der Waals surface area (Å²) in [6.07, 6.45) is 0. The minimum absolute atomic E-state index is 0.0317. The van der Waals surface area contributed by atoms with E-state index in [0.717, 1.165) is 0 Å². The zero-order valence-electron chi connectivity index (χ0n) is 11.6. The summed E-state index contributed by atoms with van der Waals surface area (Å²) in [5, 5.41) is 9.09. The van der Waals surface area contributed by atoms with E-state index in [0.29, 0.717) is 11.6 Å². The minimum Gasteiger partial charge on any atom is -0.480 e. The molecule has 0 aromatic heterocycles. The maximum absolute atomic E-state index is 12.3. The van der Waals surface area contributed by atoms with Crippen molar-refractivity contribution in [3.05, 3.63) is 0 Å². The molecular weight excluding hydrogens is 252 g/mol. The number of rotatable bonds is 2. The van der Waals surface area contributed by atoms with Crippen LogP contribution in [0.15, 0.2) is 0 Å². The molecule has 1 unspecified atom stereocenters. The van der Waals surface area contributed by atoms with E-state index in [1.165, 1.54) is 16.7 Å². The summed E-state index contributed by atoms with van der Waals surface area (Å²) < 4.78 is 0. The van der Waals surface area contributed by atoms with E-state index in [1.54, 1.807) is 11.9 Å². The van der Waals surface area contributed by atoms with Crippen LogP contribution in [-0.2, 0) is 4.79 Å². The maximum Gasteiger partial charge on any atom is 0.327 e. The number of nitrogens with zero attached hydrogens (tertiary/aromatic N) is 2. The summed E-state index contributed by atoms with van der Waals surface area (Å²) in [5.74, 6) is 0.000628. The van der Waals surface area contributed by atoms with Crippen molar-refractivity contribution in [3.63, 3.8) is 0 Å². The summed E-state index contributed by atoms with van der Waals surface area (Å²) in [6, 6.07) is -0.850. The van der Waals surface area contributed by atoms with E-state index < -0.39 is 12.0 Å². The van der Waals surface area contributed by atoms with Crippen LogP contribution < -0.4 is 0 Å². The molecule has 1 N–H and O–H groups in total. The molecule has 5 nitrogen and oxygen atoms in total. The summed E-state index contributed by atoms with van der Waals surface area (Å²) in [6.45, 7) is 8.18. The summed E-state index contributed by atoms with van der Waals surface area (Å²) >= 11 is 1.48. The third-order valence-corrected chi connectivity index (χ3v) is 4.56. The number of urea groups is 1. The van der Waals surface area contributed by atoms with E-state index >= 15 is 0 Å². The highest BCUT2D eigenvalue weighted by Crippen LogP contribution is 2.27. The van der Waals surface area contributed by atoms with Crippen molar-refractivity contribution in [2.45, 2.75) is 39.8 Å². The Kier molecular flexibility index (Phi) is 4.53. The van der Waals surface area contributed by atoms with Gasteiger partial charge in [-0.25, -0.2) is 9.59 Å². The number of thioether (sulfide) groups is 1. The number of carbonyl (C=O) groups excluding carboxylic acids is 1. The van der Waals surface area contributed by atoms with Crippen LogP contribution in [0.2, 0.25) is 0 Å². The average Bonchev–Trinajstić information content (AvgIpc) is 2.73. The van der Waals surface area contributed by atoms with Gasteiger partial charge in [-0.15, -0.1) is 11.8 Å². The number of hydrogen-bond donors (Lipinski definition) is 1. The lowest BCUT2D eigenvalue weighted by atomic mass is 9.87. The van der Waals surface area contributed by atoms with Crippen molar-refractivity contribution in [2.75, 3.05) is 18.7 Å². The molecule has 0 aliphatic carbocycles. The largest absolute Gasteiger partial charge is 0.480 e. The second-order valence-electron chi connectivity index (χ2n) is 5.76. The van der Waals surface area contributed by atoms with Crippen LogP contribution in [0.4, 0.5) is 4.79 Å². The van der Waals surface area contributed by atoms with E-state index in [2.05, 4.69) is 20.8 Å². The fourth-order valence-corrected chi connectivity index (χ4v) is 2.92. The van der Waals surface area contributed by atoms with Crippen LogP contribution in [0.25, 0.3) is 0 Å². The van der Waals surface area contributed by atoms with Crippen molar-refractivity contribution in [1.82, 2.24) is 9.80 Å². The van der Waals surface area contributed by atoms with Crippen LogP contribution >= 0.6 is 11.8 Å². The van der Waals surface area contributed by atoms with Gasteiger partial charge in [0, 0.05) is 18.8 Å². The number of carboxylic acid groups (broad SMARTS) is 1. The molecule has 1 fully saturated rings. The van der Waals surface area contributed by atoms with Gasteiger partial charge in [-0.2, -0.15) is 0 Å². The highest BCUT2D eigenvalue weighted by Gasteiger charge is 2.38. The lowest BCUT2D eigenvalue weighted by Gasteiger charge is -2.38. The number of carboxylic acids is 1. The molecule has 18 heavy (non-hydrogen) atoms. The first-order chi connectivity index (χ1) is 8.16. The molecule has 104 valence electrons. The van der Waals surface area contributed by atoms with E-state index in [4.69, 9.17) is 5.11 Å². The highest BCUT2D eigenvalue weighted by atomic mass is 32.2. The molecule has 1 heterocycles. The van der Waals surface area contributed by atoms with Gasteiger partial charge in [-0.3, -0.25) is 0 Å². The summed E-state index contributed by atoms with van der Waals surface area (Å²) in [7, 11) is 1.74. The Morgan fingerprint density at radius 1 is 1.44 bits per heavy atom. The molecule has 2 amide bonds. The molecule has 0 spiro atoms. The first-order valence-electron chi connectivity index (χ1n) is 6.00. The van der Waals surface area contributed by atoms with Crippen LogP contribution in [-0.4, -0.2) is 57.7 Å². The van der Waals surface area contributed by atoms with Gasteiger partial charge in [-0.05, 0) is 12.3 Å². The zero-order chi connectivity index (χ0) is 14.1. The van der Waals surface area contributed by atoms with E-state index in [9.17, 15) is 9.59 Å². The third kappa shape index (κ3) is 3.10. The molecule has 0 radical (unpaired) electrons. The monoisotopic (exact) mass is 274 g/mol. The van der Waals surface area contributed by atoms with Crippen molar-refractivity contribution in [1.29, 1.82) is 0 Å². The van der Waals surface area contributed by atoms with Gasteiger partial charge in [0.15, 0.2) is 0 Å². The molecule has 1 rings (SSSR count). The number of amides is 2. The molecule has 1 aliphatic heterocycles. The normalized spacial score (nSPS) is 21.8. The van der Waals surface area contributed by atoms with Crippen molar-refractivity contribution < 1.29 is 14.7 Å². The average molecular weight is 274 g/mol. The first kappa shape index (κ1) is 15.1. The van der Waals surface area contributed by atoms with Crippen LogP contribution in [0.5, 0.6) is 0 Å². The predicted molar refractivity (Wildman–Crippen MR) is 72.7 cm³/mol. The van der Waals surface area contributed by atoms with Gasteiger partial charge in [0.25, 0.3) is 0 Å². The maximum atomic E-state index is 12.3. The number of carbonyl (C=O) groups is 2. The second-order valence-corrected chi connectivity index (χ2v) is 6.76. The molecule has 0 saturated carbocycles. The van der Waals surface area contributed by atoms with Gasteiger partial charge in [0.1, 0.15) is 6.04 Å².